The van der Waals surface area contributed by atoms with Crippen LogP contribution in [0.5, 0.6) is 0 Å². The molecule has 0 aromatic rings. The van der Waals surface area contributed by atoms with Gasteiger partial charge in [-0.3, -0.25) is 5.32 Å². The first-order valence-corrected chi connectivity index (χ1v) is 5.05. The Kier molecular flexibility index (Phi) is 4.88. The van der Waals surface area contributed by atoms with Gasteiger partial charge in [0.15, 0.2) is 0 Å². The highest BCUT2D eigenvalue weighted by molar-refractivity contribution is 4.98. The molecule has 1 N–H and O–H groups in total. The molecule has 1 aliphatic heterocycles. The third kappa shape index (κ3) is 3.26. The monoisotopic (exact) mass is 198 g/mol. The average molecular weight is 198 g/mol. The molecule has 0 aromatic heterocycles. The zero-order valence-electron chi connectivity index (χ0n) is 8.82. The van der Waals surface area contributed by atoms with Crippen molar-refractivity contribution in [3.05, 3.63) is 0 Å². The Hall–Kier alpha value is -0.630. The molecule has 14 heavy (non-hydrogen) atoms. The molecule has 0 saturated carbocycles. The number of hydrogen-bond acceptors (Lipinski definition) is 4. The first-order valence-electron chi connectivity index (χ1n) is 5.05. The van der Waals surface area contributed by atoms with E-state index in [0.29, 0.717) is 19.3 Å². The molecule has 1 saturated heterocycles. The lowest BCUT2D eigenvalue weighted by Gasteiger charge is -2.18. The van der Waals surface area contributed by atoms with Crippen LogP contribution in [-0.2, 0) is 9.47 Å². The second kappa shape index (κ2) is 5.97. The zero-order chi connectivity index (χ0) is 10.4. The number of nitrogens with zero attached hydrogens (tertiary/aromatic N) is 1. The topological polar surface area (TPSA) is 54.3 Å². The van der Waals surface area contributed by atoms with Crippen molar-refractivity contribution in [1.29, 1.82) is 5.26 Å². The molecule has 1 rings (SSSR count). The zero-order valence-corrected chi connectivity index (χ0v) is 8.82. The van der Waals surface area contributed by atoms with Crippen LogP contribution in [0.4, 0.5) is 0 Å². The number of hydrogen-bond donors (Lipinski definition) is 1. The minimum absolute atomic E-state index is 0.0480. The van der Waals surface area contributed by atoms with E-state index in [4.69, 9.17) is 14.7 Å². The second-order valence-corrected chi connectivity index (χ2v) is 3.62. The number of rotatable bonds is 5. The van der Waals surface area contributed by atoms with Crippen LogP contribution in [0.3, 0.4) is 0 Å². The SMILES string of the molecule is COCCNC(C#N)C1CCC(C)O1. The molecule has 4 nitrogen and oxygen atoms in total. The molecule has 1 aliphatic rings. The van der Waals surface area contributed by atoms with E-state index in [0.717, 1.165) is 12.8 Å². The molecule has 0 radical (unpaired) electrons. The Bertz CT molecular complexity index is 203. The van der Waals surface area contributed by atoms with E-state index in [-0.39, 0.29) is 12.1 Å². The van der Waals surface area contributed by atoms with Crippen molar-refractivity contribution >= 4 is 0 Å². The summed E-state index contributed by atoms with van der Waals surface area (Å²) >= 11 is 0. The van der Waals surface area contributed by atoms with Crippen molar-refractivity contribution in [3.8, 4) is 6.07 Å². The highest BCUT2D eigenvalue weighted by atomic mass is 16.5. The highest BCUT2D eigenvalue weighted by Gasteiger charge is 2.29. The average Bonchev–Trinajstić information content (AvgIpc) is 2.60. The van der Waals surface area contributed by atoms with E-state index in [1.165, 1.54) is 0 Å². The second-order valence-electron chi connectivity index (χ2n) is 3.62. The standard InChI is InChI=1S/C10H18N2O2/c1-8-3-4-10(14-8)9(7-11)12-5-6-13-2/h8-10,12H,3-6H2,1-2H3. The summed E-state index contributed by atoms with van der Waals surface area (Å²) in [5.74, 6) is 0. The summed E-state index contributed by atoms with van der Waals surface area (Å²) in [7, 11) is 1.65. The molecule has 0 spiro atoms. The molecule has 4 heteroatoms. The Morgan fingerprint density at radius 3 is 2.93 bits per heavy atom. The number of ether oxygens (including phenoxy) is 2. The molecule has 0 amide bonds. The Balaban J connectivity index is 2.28. The predicted molar refractivity (Wildman–Crippen MR) is 52.8 cm³/mol. The van der Waals surface area contributed by atoms with Gasteiger partial charge in [0, 0.05) is 13.7 Å². The van der Waals surface area contributed by atoms with Crippen LogP contribution in [0.1, 0.15) is 19.8 Å². The van der Waals surface area contributed by atoms with Crippen molar-refractivity contribution in [2.45, 2.75) is 38.0 Å². The van der Waals surface area contributed by atoms with E-state index in [2.05, 4.69) is 11.4 Å². The number of nitrogens with one attached hydrogen (secondary N) is 1. The fraction of sp³-hybridized carbons (Fsp3) is 0.900. The Morgan fingerprint density at radius 2 is 2.43 bits per heavy atom. The Morgan fingerprint density at radius 1 is 1.64 bits per heavy atom. The van der Waals surface area contributed by atoms with Gasteiger partial charge in [-0.25, -0.2) is 0 Å². The van der Waals surface area contributed by atoms with Gasteiger partial charge in [0.1, 0.15) is 6.04 Å². The van der Waals surface area contributed by atoms with Crippen molar-refractivity contribution in [1.82, 2.24) is 5.32 Å². The lowest BCUT2D eigenvalue weighted by molar-refractivity contribution is 0.0419. The van der Waals surface area contributed by atoms with E-state index < -0.39 is 0 Å². The Labute approximate surface area is 85.2 Å². The van der Waals surface area contributed by atoms with Crippen LogP contribution < -0.4 is 5.32 Å². The van der Waals surface area contributed by atoms with Crippen LogP contribution in [-0.4, -0.2) is 38.5 Å². The van der Waals surface area contributed by atoms with Gasteiger partial charge in [-0.05, 0) is 19.8 Å². The van der Waals surface area contributed by atoms with E-state index in [1.54, 1.807) is 7.11 Å². The van der Waals surface area contributed by atoms with Crippen molar-refractivity contribution < 1.29 is 9.47 Å². The van der Waals surface area contributed by atoms with Gasteiger partial charge >= 0.3 is 0 Å². The highest BCUT2D eigenvalue weighted by Crippen LogP contribution is 2.21. The summed E-state index contributed by atoms with van der Waals surface area (Å²) in [6, 6.07) is 2.03. The molecule has 0 bridgehead atoms. The van der Waals surface area contributed by atoms with E-state index in [1.807, 2.05) is 6.92 Å². The minimum atomic E-state index is -0.199. The van der Waals surface area contributed by atoms with E-state index in [9.17, 15) is 0 Å². The molecule has 80 valence electrons. The predicted octanol–water partition coefficient (Wildman–Crippen LogP) is 0.682. The van der Waals surface area contributed by atoms with Crippen LogP contribution in [0, 0.1) is 11.3 Å². The first kappa shape index (κ1) is 11.4. The first-order chi connectivity index (χ1) is 6.77. The number of nitriles is 1. The van der Waals surface area contributed by atoms with Crippen LogP contribution in [0.15, 0.2) is 0 Å². The van der Waals surface area contributed by atoms with Crippen LogP contribution in [0.2, 0.25) is 0 Å². The largest absolute Gasteiger partial charge is 0.383 e. The minimum Gasteiger partial charge on any atom is -0.383 e. The molecule has 3 unspecified atom stereocenters. The number of methoxy groups -OCH3 is 1. The van der Waals surface area contributed by atoms with Gasteiger partial charge in [-0.1, -0.05) is 0 Å². The third-order valence-electron chi connectivity index (χ3n) is 2.45. The van der Waals surface area contributed by atoms with Gasteiger partial charge in [-0.15, -0.1) is 0 Å². The molecule has 0 aliphatic carbocycles. The lowest BCUT2D eigenvalue weighted by atomic mass is 10.1. The summed E-state index contributed by atoms with van der Waals surface area (Å²) in [6.45, 7) is 3.37. The molecule has 1 fully saturated rings. The van der Waals surface area contributed by atoms with Gasteiger partial charge < -0.3 is 9.47 Å². The van der Waals surface area contributed by atoms with Crippen LogP contribution in [0.25, 0.3) is 0 Å². The van der Waals surface area contributed by atoms with E-state index >= 15 is 0 Å². The normalized spacial score (nSPS) is 28.6. The molecule has 3 atom stereocenters. The maximum absolute atomic E-state index is 8.94. The maximum atomic E-state index is 8.94. The van der Waals surface area contributed by atoms with Gasteiger partial charge in [0.25, 0.3) is 0 Å². The maximum Gasteiger partial charge on any atom is 0.122 e. The smallest absolute Gasteiger partial charge is 0.122 e. The molecule has 1 heterocycles. The molecule has 0 aromatic carbocycles. The molecular weight excluding hydrogens is 180 g/mol. The van der Waals surface area contributed by atoms with Crippen LogP contribution >= 0.6 is 0 Å². The van der Waals surface area contributed by atoms with Crippen molar-refractivity contribution in [2.24, 2.45) is 0 Å². The summed E-state index contributed by atoms with van der Waals surface area (Å²) in [5.41, 5.74) is 0. The summed E-state index contributed by atoms with van der Waals surface area (Å²) < 4.78 is 10.5. The molecular formula is C10H18N2O2. The lowest BCUT2D eigenvalue weighted by Crippen LogP contribution is -2.40. The third-order valence-corrected chi connectivity index (χ3v) is 2.45. The van der Waals surface area contributed by atoms with Crippen molar-refractivity contribution in [3.63, 3.8) is 0 Å². The van der Waals surface area contributed by atoms with Gasteiger partial charge in [-0.2, -0.15) is 5.26 Å². The van der Waals surface area contributed by atoms with Crippen molar-refractivity contribution in [2.75, 3.05) is 20.3 Å². The summed E-state index contributed by atoms with van der Waals surface area (Å²) in [4.78, 5) is 0. The van der Waals surface area contributed by atoms with Gasteiger partial charge in [0.05, 0.1) is 24.9 Å². The fourth-order valence-corrected chi connectivity index (χ4v) is 1.66. The summed E-state index contributed by atoms with van der Waals surface area (Å²) in [5, 5.41) is 12.1. The fourth-order valence-electron chi connectivity index (χ4n) is 1.66. The summed E-state index contributed by atoms with van der Waals surface area (Å²) in [6.07, 6.45) is 2.36. The van der Waals surface area contributed by atoms with Gasteiger partial charge in [0.2, 0.25) is 0 Å². The quantitative estimate of drug-likeness (QED) is 0.660.